The summed E-state index contributed by atoms with van der Waals surface area (Å²) in [6.45, 7) is 4.04. The molecule has 0 saturated carbocycles. The summed E-state index contributed by atoms with van der Waals surface area (Å²) in [5, 5.41) is 10.2. The van der Waals surface area contributed by atoms with Gasteiger partial charge in [0.1, 0.15) is 5.69 Å². The summed E-state index contributed by atoms with van der Waals surface area (Å²) in [5.41, 5.74) is 0.466. The van der Waals surface area contributed by atoms with E-state index in [9.17, 15) is 13.2 Å². The minimum atomic E-state index is -4.34. The van der Waals surface area contributed by atoms with E-state index in [4.69, 9.17) is 4.52 Å². The Kier molecular flexibility index (Phi) is 5.62. The number of piperazine rings is 1. The van der Waals surface area contributed by atoms with Crippen LogP contribution in [0.5, 0.6) is 0 Å². The molecule has 1 aromatic heterocycles. The highest BCUT2D eigenvalue weighted by Crippen LogP contribution is 2.30. The van der Waals surface area contributed by atoms with Gasteiger partial charge in [-0.1, -0.05) is 17.3 Å². The number of halogens is 4. The molecule has 3 rings (SSSR count). The largest absolute Gasteiger partial charge is 0.416 e. The van der Waals surface area contributed by atoms with Crippen molar-refractivity contribution in [3.63, 3.8) is 0 Å². The molecule has 2 aromatic rings. The molecular weight excluding hydrogens is 448 g/mol. The van der Waals surface area contributed by atoms with Crippen molar-refractivity contribution in [2.45, 2.75) is 12.7 Å². The van der Waals surface area contributed by atoms with Crippen LogP contribution in [0.1, 0.15) is 11.3 Å². The molecule has 0 N–H and O–H groups in total. The van der Waals surface area contributed by atoms with E-state index in [0.717, 1.165) is 38.3 Å². The standard InChI is InChI=1S/C16H16F3IN4O/c17-16(18,19)13-3-1-12(2-4-13)15-9-14(25-22-15)10-23-5-7-24(8-6-23)21-11-20/h1-4,9,11H,5-8,10H2/b21-11+. The second-order valence-corrected chi connectivity index (χ2v) is 6.25. The van der Waals surface area contributed by atoms with Crippen molar-refractivity contribution in [2.75, 3.05) is 26.2 Å². The monoisotopic (exact) mass is 464 g/mol. The molecule has 1 aliphatic heterocycles. The zero-order chi connectivity index (χ0) is 17.9. The minimum Gasteiger partial charge on any atom is -0.359 e. The molecule has 0 amide bonds. The van der Waals surface area contributed by atoms with Gasteiger partial charge in [0.2, 0.25) is 0 Å². The molecule has 1 aromatic carbocycles. The summed E-state index contributed by atoms with van der Waals surface area (Å²) < 4.78 is 44.9. The predicted octanol–water partition coefficient (Wildman–Crippen LogP) is 3.86. The Bertz CT molecular complexity index is 722. The first-order chi connectivity index (χ1) is 12.0. The van der Waals surface area contributed by atoms with E-state index in [0.29, 0.717) is 23.6 Å². The average molecular weight is 464 g/mol. The molecule has 134 valence electrons. The lowest BCUT2D eigenvalue weighted by molar-refractivity contribution is -0.137. The van der Waals surface area contributed by atoms with Crippen molar-refractivity contribution >= 4 is 26.8 Å². The highest BCUT2D eigenvalue weighted by Gasteiger charge is 2.30. The van der Waals surface area contributed by atoms with Gasteiger partial charge in [0.05, 0.1) is 16.3 Å². The third kappa shape index (κ3) is 4.72. The first kappa shape index (κ1) is 18.2. The van der Waals surface area contributed by atoms with Gasteiger partial charge in [0.15, 0.2) is 5.76 Å². The number of hydrogen-bond acceptors (Lipinski definition) is 5. The first-order valence-corrected chi connectivity index (χ1v) is 8.93. The molecule has 1 saturated heterocycles. The zero-order valence-electron chi connectivity index (χ0n) is 13.2. The Morgan fingerprint density at radius 1 is 1.16 bits per heavy atom. The highest BCUT2D eigenvalue weighted by atomic mass is 127. The van der Waals surface area contributed by atoms with Crippen LogP contribution in [0.25, 0.3) is 11.3 Å². The van der Waals surface area contributed by atoms with E-state index in [1.807, 2.05) is 5.01 Å². The molecular formula is C16H16F3IN4O. The summed E-state index contributed by atoms with van der Waals surface area (Å²) in [6.07, 6.45) is -4.34. The van der Waals surface area contributed by atoms with E-state index in [1.165, 1.54) is 12.1 Å². The van der Waals surface area contributed by atoms with Crippen LogP contribution in [0.2, 0.25) is 0 Å². The zero-order valence-corrected chi connectivity index (χ0v) is 15.4. The maximum atomic E-state index is 12.6. The highest BCUT2D eigenvalue weighted by molar-refractivity contribution is 14.1. The topological polar surface area (TPSA) is 44.9 Å². The number of hydrazone groups is 1. The average Bonchev–Trinajstić information content (AvgIpc) is 3.05. The minimum absolute atomic E-state index is 0.539. The van der Waals surface area contributed by atoms with Crippen molar-refractivity contribution in [1.82, 2.24) is 15.1 Å². The van der Waals surface area contributed by atoms with Crippen LogP contribution in [0.3, 0.4) is 0 Å². The van der Waals surface area contributed by atoms with Gasteiger partial charge in [-0.2, -0.15) is 18.3 Å². The summed E-state index contributed by atoms with van der Waals surface area (Å²) in [6, 6.07) is 6.70. The van der Waals surface area contributed by atoms with Crippen molar-refractivity contribution in [3.8, 4) is 11.3 Å². The van der Waals surface area contributed by atoms with Gasteiger partial charge in [0, 0.05) is 37.8 Å². The van der Waals surface area contributed by atoms with Crippen molar-refractivity contribution in [1.29, 1.82) is 0 Å². The number of hydrogen-bond donors (Lipinski definition) is 0. The van der Waals surface area contributed by atoms with Crippen molar-refractivity contribution in [3.05, 3.63) is 41.7 Å². The maximum Gasteiger partial charge on any atom is 0.416 e. The fourth-order valence-electron chi connectivity index (χ4n) is 2.65. The fraction of sp³-hybridized carbons (Fsp3) is 0.375. The Labute approximate surface area is 156 Å². The van der Waals surface area contributed by atoms with Crippen molar-refractivity contribution in [2.24, 2.45) is 5.10 Å². The van der Waals surface area contributed by atoms with Gasteiger partial charge in [0.25, 0.3) is 0 Å². The van der Waals surface area contributed by atoms with E-state index in [2.05, 4.69) is 37.7 Å². The smallest absolute Gasteiger partial charge is 0.359 e. The third-order valence-electron chi connectivity index (χ3n) is 4.00. The third-order valence-corrected chi connectivity index (χ3v) is 4.25. The Hall–Kier alpha value is -1.62. The molecule has 9 heteroatoms. The molecule has 0 aliphatic carbocycles. The van der Waals surface area contributed by atoms with Crippen LogP contribution in [-0.2, 0) is 12.7 Å². The molecule has 2 heterocycles. The van der Waals surface area contributed by atoms with E-state index in [1.54, 1.807) is 10.3 Å². The molecule has 0 unspecified atom stereocenters. The number of benzene rings is 1. The lowest BCUT2D eigenvalue weighted by Crippen LogP contribution is -2.43. The Morgan fingerprint density at radius 3 is 2.44 bits per heavy atom. The summed E-state index contributed by atoms with van der Waals surface area (Å²) in [7, 11) is 0. The molecule has 0 bridgehead atoms. The predicted molar refractivity (Wildman–Crippen MR) is 96.3 cm³/mol. The van der Waals surface area contributed by atoms with Crippen LogP contribution < -0.4 is 0 Å². The molecule has 5 nitrogen and oxygen atoms in total. The van der Waals surface area contributed by atoms with Gasteiger partial charge < -0.3 is 4.52 Å². The van der Waals surface area contributed by atoms with Crippen molar-refractivity contribution < 1.29 is 17.7 Å². The summed E-state index contributed by atoms with van der Waals surface area (Å²) >= 11 is 2.10. The van der Waals surface area contributed by atoms with Crippen LogP contribution >= 0.6 is 22.6 Å². The van der Waals surface area contributed by atoms with E-state index < -0.39 is 11.7 Å². The van der Waals surface area contributed by atoms with E-state index in [-0.39, 0.29) is 0 Å². The number of rotatable bonds is 4. The van der Waals surface area contributed by atoms with Crippen LogP contribution in [-0.4, -0.2) is 45.5 Å². The Balaban J connectivity index is 1.61. The van der Waals surface area contributed by atoms with E-state index >= 15 is 0 Å². The number of nitrogens with zero attached hydrogens (tertiary/aromatic N) is 4. The fourth-order valence-corrected chi connectivity index (χ4v) is 3.00. The molecule has 25 heavy (non-hydrogen) atoms. The lowest BCUT2D eigenvalue weighted by Gasteiger charge is -2.32. The van der Waals surface area contributed by atoms with Gasteiger partial charge in [-0.3, -0.25) is 9.91 Å². The molecule has 0 atom stereocenters. The van der Waals surface area contributed by atoms with Crippen LogP contribution in [0.15, 0.2) is 40.0 Å². The first-order valence-electron chi connectivity index (χ1n) is 7.69. The summed E-state index contributed by atoms with van der Waals surface area (Å²) in [4.78, 5) is 2.23. The second kappa shape index (κ2) is 7.73. The quantitative estimate of drug-likeness (QED) is 0.510. The van der Waals surface area contributed by atoms with Gasteiger partial charge in [-0.25, -0.2) is 0 Å². The molecule has 1 fully saturated rings. The summed E-state index contributed by atoms with van der Waals surface area (Å²) in [5.74, 6) is 0.695. The van der Waals surface area contributed by atoms with Gasteiger partial charge in [-0.15, -0.1) is 0 Å². The van der Waals surface area contributed by atoms with Crippen LogP contribution in [0.4, 0.5) is 13.2 Å². The number of alkyl halides is 3. The van der Waals surface area contributed by atoms with Gasteiger partial charge >= 0.3 is 6.18 Å². The lowest BCUT2D eigenvalue weighted by atomic mass is 10.1. The van der Waals surface area contributed by atoms with Crippen LogP contribution in [0, 0.1) is 0 Å². The Morgan fingerprint density at radius 2 is 1.84 bits per heavy atom. The number of aromatic nitrogens is 1. The molecule has 0 spiro atoms. The second-order valence-electron chi connectivity index (χ2n) is 5.70. The molecule has 0 radical (unpaired) electrons. The molecule has 1 aliphatic rings. The van der Waals surface area contributed by atoms with Gasteiger partial charge in [-0.05, 0) is 34.7 Å². The maximum absolute atomic E-state index is 12.6. The normalized spacial score (nSPS) is 16.7. The SMILES string of the molecule is FC(F)(F)c1ccc(-c2cc(CN3CCN(/N=C/I)CC3)on2)cc1.